The minimum Gasteiger partial charge on any atom is -0.347 e. The maximum absolute atomic E-state index is 5.77. The lowest BCUT2D eigenvalue weighted by atomic mass is 10.0. The summed E-state index contributed by atoms with van der Waals surface area (Å²) in [6, 6.07) is 0. The summed E-state index contributed by atoms with van der Waals surface area (Å²) in [7, 11) is 0. The molecule has 92 valence electrons. The predicted molar refractivity (Wildman–Crippen MR) is 63.1 cm³/mol. The van der Waals surface area contributed by atoms with Crippen LogP contribution in [0.15, 0.2) is 12.4 Å². The van der Waals surface area contributed by atoms with Crippen molar-refractivity contribution in [3.05, 3.63) is 17.4 Å². The Balaban J connectivity index is 1.66. The lowest BCUT2D eigenvalue weighted by molar-refractivity contribution is -0.169. The maximum atomic E-state index is 5.77. The first-order valence-corrected chi connectivity index (χ1v) is 6.16. The predicted octanol–water partition coefficient (Wildman–Crippen LogP) is 1.47. The Morgan fingerprint density at radius 2 is 1.71 bits per heavy atom. The van der Waals surface area contributed by atoms with Crippen LogP contribution in [0.1, 0.15) is 12.8 Å². The van der Waals surface area contributed by atoms with Crippen molar-refractivity contribution in [1.29, 1.82) is 0 Å². The molecular formula is C11H14ClN3O2. The molecule has 3 rings (SSSR count). The minimum atomic E-state index is -0.344. The molecular weight excluding hydrogens is 242 g/mol. The number of rotatable bonds is 1. The van der Waals surface area contributed by atoms with Crippen LogP contribution >= 0.6 is 11.6 Å². The Morgan fingerprint density at radius 3 is 2.29 bits per heavy atom. The van der Waals surface area contributed by atoms with Gasteiger partial charge in [-0.25, -0.2) is 9.97 Å². The summed E-state index contributed by atoms with van der Waals surface area (Å²) in [6.07, 6.45) is 4.96. The van der Waals surface area contributed by atoms with Crippen LogP contribution in [0.4, 0.5) is 5.95 Å². The lowest BCUT2D eigenvalue weighted by Crippen LogP contribution is -2.45. The van der Waals surface area contributed by atoms with Crippen LogP contribution < -0.4 is 4.90 Å². The molecule has 0 radical (unpaired) electrons. The number of aromatic nitrogens is 2. The van der Waals surface area contributed by atoms with Gasteiger partial charge >= 0.3 is 0 Å². The van der Waals surface area contributed by atoms with E-state index < -0.39 is 0 Å². The Labute approximate surface area is 105 Å². The zero-order valence-electron chi connectivity index (χ0n) is 9.43. The molecule has 2 aliphatic rings. The number of halogens is 1. The molecule has 1 spiro atoms. The molecule has 0 bridgehead atoms. The summed E-state index contributed by atoms with van der Waals surface area (Å²) in [4.78, 5) is 10.6. The topological polar surface area (TPSA) is 47.5 Å². The van der Waals surface area contributed by atoms with Crippen molar-refractivity contribution in [3.8, 4) is 0 Å². The van der Waals surface area contributed by atoms with Crippen molar-refractivity contribution in [2.75, 3.05) is 31.2 Å². The molecule has 0 saturated carbocycles. The molecule has 0 N–H and O–H groups in total. The number of ether oxygens (including phenoxy) is 2. The lowest BCUT2D eigenvalue weighted by Gasteiger charge is -2.37. The summed E-state index contributed by atoms with van der Waals surface area (Å²) in [6.45, 7) is 3.11. The van der Waals surface area contributed by atoms with Crippen molar-refractivity contribution < 1.29 is 9.47 Å². The fraction of sp³-hybridized carbons (Fsp3) is 0.636. The van der Waals surface area contributed by atoms with Crippen LogP contribution in [-0.4, -0.2) is 42.1 Å². The quantitative estimate of drug-likeness (QED) is 0.761. The molecule has 17 heavy (non-hydrogen) atoms. The first-order chi connectivity index (χ1) is 8.27. The molecule has 0 aromatic carbocycles. The Kier molecular flexibility index (Phi) is 2.90. The molecule has 2 aliphatic heterocycles. The molecule has 0 unspecified atom stereocenters. The highest BCUT2D eigenvalue weighted by Crippen LogP contribution is 2.32. The summed E-state index contributed by atoms with van der Waals surface area (Å²) < 4.78 is 11.3. The number of hydrogen-bond acceptors (Lipinski definition) is 5. The van der Waals surface area contributed by atoms with Gasteiger partial charge in [0.25, 0.3) is 0 Å². The molecule has 1 aromatic heterocycles. The normalized spacial score (nSPS) is 23.2. The van der Waals surface area contributed by atoms with Gasteiger partial charge in [-0.1, -0.05) is 11.6 Å². The second-order valence-corrected chi connectivity index (χ2v) is 4.73. The average molecular weight is 256 g/mol. The van der Waals surface area contributed by atoms with E-state index in [0.717, 1.165) is 31.9 Å². The van der Waals surface area contributed by atoms with Crippen molar-refractivity contribution in [3.63, 3.8) is 0 Å². The van der Waals surface area contributed by atoms with Crippen LogP contribution in [0.5, 0.6) is 0 Å². The number of anilines is 1. The molecule has 0 amide bonds. The zero-order chi connectivity index (χ0) is 11.7. The second kappa shape index (κ2) is 4.40. The van der Waals surface area contributed by atoms with E-state index in [4.69, 9.17) is 21.1 Å². The Hall–Kier alpha value is -0.910. The van der Waals surface area contributed by atoms with E-state index in [1.165, 1.54) is 0 Å². The summed E-state index contributed by atoms with van der Waals surface area (Å²) in [5.41, 5.74) is 0. The van der Waals surface area contributed by atoms with Gasteiger partial charge < -0.3 is 14.4 Å². The summed E-state index contributed by atoms with van der Waals surface area (Å²) in [5, 5.41) is 0.560. The first kappa shape index (κ1) is 11.2. The minimum absolute atomic E-state index is 0.344. The molecule has 0 atom stereocenters. The number of piperidine rings is 1. The molecule has 6 heteroatoms. The monoisotopic (exact) mass is 255 g/mol. The molecule has 2 saturated heterocycles. The van der Waals surface area contributed by atoms with Gasteiger partial charge in [-0.2, -0.15) is 0 Å². The van der Waals surface area contributed by atoms with Crippen LogP contribution in [0.3, 0.4) is 0 Å². The van der Waals surface area contributed by atoms with Gasteiger partial charge in [0.05, 0.1) is 30.6 Å². The van der Waals surface area contributed by atoms with Gasteiger partial charge in [-0.05, 0) is 0 Å². The van der Waals surface area contributed by atoms with Gasteiger partial charge in [-0.15, -0.1) is 0 Å². The Morgan fingerprint density at radius 1 is 1.12 bits per heavy atom. The van der Waals surface area contributed by atoms with Gasteiger partial charge in [0.2, 0.25) is 5.95 Å². The third kappa shape index (κ3) is 2.22. The molecule has 5 nitrogen and oxygen atoms in total. The van der Waals surface area contributed by atoms with Gasteiger partial charge in [0.15, 0.2) is 5.79 Å². The van der Waals surface area contributed by atoms with Crippen molar-refractivity contribution in [2.45, 2.75) is 18.6 Å². The van der Waals surface area contributed by atoms with Crippen molar-refractivity contribution in [1.82, 2.24) is 9.97 Å². The smallest absolute Gasteiger partial charge is 0.225 e. The molecule has 0 aliphatic carbocycles. The molecule has 2 fully saturated rings. The largest absolute Gasteiger partial charge is 0.347 e. The van der Waals surface area contributed by atoms with E-state index in [0.29, 0.717) is 18.2 Å². The Bertz CT molecular complexity index is 382. The fourth-order valence-corrected chi connectivity index (χ4v) is 2.40. The van der Waals surface area contributed by atoms with Crippen LogP contribution in [0, 0.1) is 0 Å². The average Bonchev–Trinajstić information content (AvgIpc) is 2.80. The third-order valence-corrected chi connectivity index (χ3v) is 3.42. The van der Waals surface area contributed by atoms with Gasteiger partial charge in [0.1, 0.15) is 0 Å². The fourth-order valence-electron chi connectivity index (χ4n) is 2.30. The van der Waals surface area contributed by atoms with Crippen molar-refractivity contribution >= 4 is 17.5 Å². The van der Waals surface area contributed by atoms with Gasteiger partial charge in [0, 0.05) is 25.9 Å². The standard InChI is InChI=1S/C11H14ClN3O2/c12-9-7-13-10(14-8-9)15-3-1-11(2-4-15)16-5-6-17-11/h7-8H,1-6H2. The molecule has 1 aromatic rings. The van der Waals surface area contributed by atoms with Crippen molar-refractivity contribution in [2.24, 2.45) is 0 Å². The van der Waals surface area contributed by atoms with E-state index in [1.807, 2.05) is 0 Å². The van der Waals surface area contributed by atoms with E-state index in [-0.39, 0.29) is 5.79 Å². The van der Waals surface area contributed by atoms with E-state index in [1.54, 1.807) is 12.4 Å². The van der Waals surface area contributed by atoms with E-state index in [2.05, 4.69) is 14.9 Å². The van der Waals surface area contributed by atoms with Gasteiger partial charge in [-0.3, -0.25) is 0 Å². The molecule has 3 heterocycles. The third-order valence-electron chi connectivity index (χ3n) is 3.23. The highest BCUT2D eigenvalue weighted by atomic mass is 35.5. The van der Waals surface area contributed by atoms with Crippen LogP contribution in [-0.2, 0) is 9.47 Å². The van der Waals surface area contributed by atoms with E-state index >= 15 is 0 Å². The van der Waals surface area contributed by atoms with Crippen LogP contribution in [0.2, 0.25) is 5.02 Å². The van der Waals surface area contributed by atoms with Crippen LogP contribution in [0.25, 0.3) is 0 Å². The summed E-state index contributed by atoms with van der Waals surface area (Å²) in [5.74, 6) is 0.380. The second-order valence-electron chi connectivity index (χ2n) is 4.30. The number of hydrogen-bond donors (Lipinski definition) is 0. The van der Waals surface area contributed by atoms with E-state index in [9.17, 15) is 0 Å². The highest BCUT2D eigenvalue weighted by Gasteiger charge is 2.40. The highest BCUT2D eigenvalue weighted by molar-refractivity contribution is 6.30. The number of nitrogens with zero attached hydrogens (tertiary/aromatic N) is 3. The summed E-state index contributed by atoms with van der Waals surface area (Å²) >= 11 is 5.77. The maximum Gasteiger partial charge on any atom is 0.225 e. The zero-order valence-corrected chi connectivity index (χ0v) is 10.2. The SMILES string of the molecule is Clc1cnc(N2CCC3(CC2)OCCO3)nc1. The first-order valence-electron chi connectivity index (χ1n) is 5.78.